The maximum Gasteiger partial charge on any atom is 0.290 e. The Bertz CT molecular complexity index is 1200. The van der Waals surface area contributed by atoms with Gasteiger partial charge >= 0.3 is 0 Å². The molecule has 4 rings (SSSR count). The third kappa shape index (κ3) is 9.62. The number of thiazole rings is 1. The summed E-state index contributed by atoms with van der Waals surface area (Å²) in [7, 11) is 0. The van der Waals surface area contributed by atoms with Crippen molar-refractivity contribution in [1.82, 2.24) is 26.3 Å². The first-order chi connectivity index (χ1) is 20.2. The Morgan fingerprint density at radius 3 is 2.52 bits per heavy atom. The number of nitrogens with zero attached hydrogens (tertiary/aromatic N) is 1. The van der Waals surface area contributed by atoms with E-state index in [1.807, 2.05) is 44.2 Å². The molecule has 5 N–H and O–H groups in total. The fourth-order valence-electron chi connectivity index (χ4n) is 4.72. The zero-order valence-electron chi connectivity index (χ0n) is 23.8. The highest BCUT2D eigenvalue weighted by atomic mass is 32.1. The molecule has 1 saturated heterocycles. The molecular formula is C29H39N5O7S. The van der Waals surface area contributed by atoms with Gasteiger partial charge in [0.1, 0.15) is 28.9 Å². The summed E-state index contributed by atoms with van der Waals surface area (Å²) in [5.74, 6) is -1.33. The normalized spacial score (nSPS) is 23.5. The SMILES string of the molecule is CC(C)[C@H]1NC(=O)[C@@H](NC(=O)[C@H]2CCCO2)CCCCNC(=O)C(Cc2ccccc2)NC(=O)c2csc1n2.O=CO. The number of hydrogen-bond donors (Lipinski definition) is 5. The molecule has 0 spiro atoms. The van der Waals surface area contributed by atoms with Crippen LogP contribution in [0.15, 0.2) is 35.7 Å². The number of carbonyl (C=O) groups excluding carboxylic acids is 4. The number of rotatable bonds is 5. The average Bonchev–Trinajstić information content (AvgIpc) is 3.68. The van der Waals surface area contributed by atoms with Crippen LogP contribution in [0.4, 0.5) is 0 Å². The summed E-state index contributed by atoms with van der Waals surface area (Å²) in [6, 6.07) is 7.57. The maximum atomic E-state index is 13.4. The number of fused-ring (bicyclic) bond motifs is 2. The molecule has 1 unspecified atom stereocenters. The lowest BCUT2D eigenvalue weighted by Crippen LogP contribution is -2.51. The molecular weight excluding hydrogens is 562 g/mol. The van der Waals surface area contributed by atoms with E-state index in [2.05, 4.69) is 26.3 Å². The lowest BCUT2D eigenvalue weighted by atomic mass is 10.0. The van der Waals surface area contributed by atoms with Crippen molar-refractivity contribution in [3.05, 3.63) is 52.0 Å². The highest BCUT2D eigenvalue weighted by molar-refractivity contribution is 7.09. The largest absolute Gasteiger partial charge is 0.483 e. The first-order valence-electron chi connectivity index (χ1n) is 14.1. The third-order valence-electron chi connectivity index (χ3n) is 6.96. The minimum absolute atomic E-state index is 0.0129. The van der Waals surface area contributed by atoms with E-state index in [9.17, 15) is 19.2 Å². The highest BCUT2D eigenvalue weighted by Crippen LogP contribution is 2.26. The number of aromatic nitrogens is 1. The molecule has 4 atom stereocenters. The predicted octanol–water partition coefficient (Wildman–Crippen LogP) is 1.96. The van der Waals surface area contributed by atoms with E-state index < -0.39 is 30.1 Å². The fourth-order valence-corrected chi connectivity index (χ4v) is 5.74. The van der Waals surface area contributed by atoms with Crippen molar-refractivity contribution in [3.8, 4) is 0 Å². The Morgan fingerprint density at radius 1 is 1.12 bits per heavy atom. The van der Waals surface area contributed by atoms with E-state index in [1.54, 1.807) is 5.38 Å². The summed E-state index contributed by atoms with van der Waals surface area (Å²) in [5.41, 5.74) is 1.12. The van der Waals surface area contributed by atoms with Crippen molar-refractivity contribution < 1.29 is 33.8 Å². The zero-order valence-corrected chi connectivity index (χ0v) is 24.7. The van der Waals surface area contributed by atoms with Crippen LogP contribution >= 0.6 is 11.3 Å². The third-order valence-corrected chi connectivity index (χ3v) is 7.89. The number of carboxylic acid groups (broad SMARTS) is 1. The van der Waals surface area contributed by atoms with E-state index in [0.29, 0.717) is 50.3 Å². The van der Waals surface area contributed by atoms with E-state index in [4.69, 9.17) is 14.6 Å². The number of amides is 4. The quantitative estimate of drug-likeness (QED) is 0.323. The summed E-state index contributed by atoms with van der Waals surface area (Å²) >= 11 is 1.28. The number of hydrogen-bond acceptors (Lipinski definition) is 8. The number of nitrogens with one attached hydrogen (secondary N) is 4. The van der Waals surface area contributed by atoms with Crippen LogP contribution in [0.2, 0.25) is 0 Å². The van der Waals surface area contributed by atoms with Gasteiger partial charge in [-0.3, -0.25) is 24.0 Å². The van der Waals surface area contributed by atoms with Crippen molar-refractivity contribution in [2.75, 3.05) is 13.2 Å². The van der Waals surface area contributed by atoms with Gasteiger partial charge in [0.2, 0.25) is 17.7 Å². The molecule has 42 heavy (non-hydrogen) atoms. The number of benzene rings is 1. The first-order valence-corrected chi connectivity index (χ1v) is 15.0. The molecule has 1 fully saturated rings. The van der Waals surface area contributed by atoms with Crippen molar-refractivity contribution in [2.24, 2.45) is 5.92 Å². The smallest absolute Gasteiger partial charge is 0.290 e. The van der Waals surface area contributed by atoms with Gasteiger partial charge in [0.25, 0.3) is 12.4 Å². The fraction of sp³-hybridized carbons (Fsp3) is 0.517. The van der Waals surface area contributed by atoms with Crippen LogP contribution in [-0.2, 0) is 30.3 Å². The Labute approximate surface area is 249 Å². The molecule has 0 radical (unpaired) electrons. The molecule has 12 nitrogen and oxygen atoms in total. The van der Waals surface area contributed by atoms with E-state index in [0.717, 1.165) is 12.0 Å². The minimum Gasteiger partial charge on any atom is -0.483 e. The second kappa shape index (κ2) is 16.6. The van der Waals surface area contributed by atoms with Crippen LogP contribution in [0, 0.1) is 5.92 Å². The zero-order chi connectivity index (χ0) is 30.5. The molecule has 228 valence electrons. The van der Waals surface area contributed by atoms with Gasteiger partial charge in [-0.25, -0.2) is 4.98 Å². The van der Waals surface area contributed by atoms with Gasteiger partial charge in [-0.1, -0.05) is 44.2 Å². The second-order valence-electron chi connectivity index (χ2n) is 10.5. The monoisotopic (exact) mass is 601 g/mol. The topological polar surface area (TPSA) is 176 Å². The minimum atomic E-state index is -0.767. The molecule has 1 aromatic carbocycles. The molecule has 1 aromatic heterocycles. The van der Waals surface area contributed by atoms with Gasteiger partial charge < -0.3 is 31.1 Å². The molecule has 4 amide bonds. The Balaban J connectivity index is 0.00000155. The van der Waals surface area contributed by atoms with Crippen molar-refractivity contribution in [1.29, 1.82) is 0 Å². The molecule has 0 saturated carbocycles. The summed E-state index contributed by atoms with van der Waals surface area (Å²) < 4.78 is 5.50. The summed E-state index contributed by atoms with van der Waals surface area (Å²) in [6.45, 7) is 4.59. The number of carbonyl (C=O) groups is 5. The standard InChI is InChI=1S/C28H37N5O5S.CH2O2/c1-17(2)23-28-32-21(16-39-28)26(36)31-20(15-18-9-4-3-5-10-18)24(34)29-13-7-6-11-19(25(35)33-23)30-27(37)22-12-8-14-38-22;2-1-3/h3-5,9-10,16-17,19-20,22-23H,6-8,11-15H2,1-2H3,(H,29,34)(H,30,37)(H,31,36)(H,33,35);1H,(H,2,3)/t19-,20?,22+,23+;/m0./s1. The summed E-state index contributed by atoms with van der Waals surface area (Å²) in [5, 5.41) is 20.8. The molecule has 3 heterocycles. The van der Waals surface area contributed by atoms with Gasteiger partial charge in [0, 0.05) is 25.0 Å². The first kappa shape index (κ1) is 32.7. The Morgan fingerprint density at radius 2 is 1.86 bits per heavy atom. The molecule has 2 aromatic rings. The Kier molecular flexibility index (Phi) is 12.9. The van der Waals surface area contributed by atoms with Crippen LogP contribution in [0.1, 0.15) is 73.1 Å². The number of ether oxygens (including phenoxy) is 1. The molecule has 2 bridgehead atoms. The Hall–Kier alpha value is -3.84. The lowest BCUT2D eigenvalue weighted by Gasteiger charge is -2.25. The molecule has 2 aliphatic rings. The molecule has 0 aliphatic carbocycles. The molecule has 2 aliphatic heterocycles. The van der Waals surface area contributed by atoms with Crippen molar-refractivity contribution in [2.45, 2.75) is 76.6 Å². The van der Waals surface area contributed by atoms with Gasteiger partial charge in [-0.2, -0.15) is 0 Å². The van der Waals surface area contributed by atoms with Gasteiger partial charge in [0.05, 0.1) is 6.04 Å². The van der Waals surface area contributed by atoms with Crippen molar-refractivity contribution >= 4 is 41.4 Å². The van der Waals surface area contributed by atoms with E-state index >= 15 is 0 Å². The van der Waals surface area contributed by atoms with Crippen LogP contribution in [0.25, 0.3) is 0 Å². The lowest BCUT2D eigenvalue weighted by molar-refractivity contribution is -0.135. The van der Waals surface area contributed by atoms with Crippen LogP contribution in [0.3, 0.4) is 0 Å². The van der Waals surface area contributed by atoms with Gasteiger partial charge in [-0.15, -0.1) is 11.3 Å². The summed E-state index contributed by atoms with van der Waals surface area (Å²) in [4.78, 5) is 65.3. The predicted molar refractivity (Wildman–Crippen MR) is 156 cm³/mol. The van der Waals surface area contributed by atoms with E-state index in [1.165, 1.54) is 11.3 Å². The average molecular weight is 602 g/mol. The second-order valence-corrected chi connectivity index (χ2v) is 11.4. The van der Waals surface area contributed by atoms with E-state index in [-0.39, 0.29) is 35.8 Å². The highest BCUT2D eigenvalue weighted by Gasteiger charge is 2.31. The van der Waals surface area contributed by atoms with Crippen molar-refractivity contribution in [3.63, 3.8) is 0 Å². The van der Waals surface area contributed by atoms with Gasteiger partial charge in [-0.05, 0) is 43.6 Å². The van der Waals surface area contributed by atoms with Gasteiger partial charge in [0.15, 0.2) is 0 Å². The summed E-state index contributed by atoms with van der Waals surface area (Å²) in [6.07, 6.45) is 2.88. The van der Waals surface area contributed by atoms with Crippen LogP contribution < -0.4 is 21.3 Å². The maximum absolute atomic E-state index is 13.4. The van der Waals surface area contributed by atoms with Crippen LogP contribution in [0.5, 0.6) is 0 Å². The van der Waals surface area contributed by atoms with Crippen LogP contribution in [-0.4, -0.2) is 71.5 Å². The molecule has 13 heteroatoms.